The molecule has 0 rings (SSSR count). The van der Waals surface area contributed by atoms with E-state index in [1.165, 1.54) is 6.92 Å². The van der Waals surface area contributed by atoms with Crippen molar-refractivity contribution in [3.63, 3.8) is 0 Å². The Kier molecular flexibility index (Phi) is 3.41. The van der Waals surface area contributed by atoms with E-state index in [1.54, 1.807) is 6.92 Å². The fraction of sp³-hybridized carbons (Fsp3) is 0.750. The van der Waals surface area contributed by atoms with Crippen LogP contribution in [-0.2, 0) is 0 Å². The SMILES string of the molecule is [C]#CCC(O)(CC)C(C)O. The molecular formula is C8H13O2. The van der Waals surface area contributed by atoms with E-state index in [9.17, 15) is 5.11 Å². The minimum Gasteiger partial charge on any atom is -0.390 e. The molecule has 0 saturated carbocycles. The number of rotatable bonds is 3. The lowest BCUT2D eigenvalue weighted by Crippen LogP contribution is -2.39. The van der Waals surface area contributed by atoms with Gasteiger partial charge in [-0.15, -0.1) is 0 Å². The van der Waals surface area contributed by atoms with Crippen molar-refractivity contribution in [3.05, 3.63) is 6.42 Å². The second-order valence-electron chi connectivity index (χ2n) is 2.49. The molecule has 2 atom stereocenters. The number of hydrogen-bond donors (Lipinski definition) is 2. The molecule has 0 fully saturated rings. The minimum atomic E-state index is -1.15. The van der Waals surface area contributed by atoms with Crippen molar-refractivity contribution in [3.8, 4) is 5.92 Å². The monoisotopic (exact) mass is 141 g/mol. The van der Waals surface area contributed by atoms with Crippen LogP contribution in [0.15, 0.2) is 0 Å². The molecule has 0 aliphatic heterocycles. The summed E-state index contributed by atoms with van der Waals surface area (Å²) in [5, 5.41) is 18.5. The van der Waals surface area contributed by atoms with Crippen molar-refractivity contribution in [1.29, 1.82) is 0 Å². The molecule has 57 valence electrons. The van der Waals surface area contributed by atoms with E-state index in [0.29, 0.717) is 6.42 Å². The lowest BCUT2D eigenvalue weighted by molar-refractivity contribution is -0.0645. The topological polar surface area (TPSA) is 40.5 Å². The van der Waals surface area contributed by atoms with E-state index >= 15 is 0 Å². The molecule has 0 amide bonds. The summed E-state index contributed by atoms with van der Waals surface area (Å²) in [5.41, 5.74) is -1.15. The molecule has 2 nitrogen and oxygen atoms in total. The summed E-state index contributed by atoms with van der Waals surface area (Å²) in [7, 11) is 0. The summed E-state index contributed by atoms with van der Waals surface area (Å²) < 4.78 is 0. The molecule has 2 heteroatoms. The summed E-state index contributed by atoms with van der Waals surface area (Å²) in [5.74, 6) is 2.08. The molecule has 2 N–H and O–H groups in total. The first-order chi connectivity index (χ1) is 4.56. The molecule has 0 bridgehead atoms. The van der Waals surface area contributed by atoms with Crippen LogP contribution in [0.25, 0.3) is 0 Å². The first-order valence-corrected chi connectivity index (χ1v) is 3.37. The van der Waals surface area contributed by atoms with Crippen LogP contribution >= 0.6 is 0 Å². The van der Waals surface area contributed by atoms with Crippen molar-refractivity contribution in [1.82, 2.24) is 0 Å². The molecule has 0 saturated heterocycles. The normalized spacial score (nSPS) is 19.1. The van der Waals surface area contributed by atoms with Crippen molar-refractivity contribution >= 4 is 0 Å². The molecule has 1 radical (unpaired) electrons. The van der Waals surface area contributed by atoms with Crippen LogP contribution in [-0.4, -0.2) is 21.9 Å². The number of aliphatic hydroxyl groups excluding tert-OH is 1. The van der Waals surface area contributed by atoms with Crippen molar-refractivity contribution < 1.29 is 10.2 Å². The molecule has 0 aliphatic rings. The van der Waals surface area contributed by atoms with Crippen molar-refractivity contribution in [2.45, 2.75) is 38.4 Å². The van der Waals surface area contributed by atoms with Gasteiger partial charge < -0.3 is 10.2 Å². The Hall–Kier alpha value is -0.520. The summed E-state index contributed by atoms with van der Waals surface area (Å²) >= 11 is 0. The Bertz CT molecular complexity index is 135. The average molecular weight is 141 g/mol. The second kappa shape index (κ2) is 3.60. The van der Waals surface area contributed by atoms with Gasteiger partial charge in [0.05, 0.1) is 6.10 Å². The molecule has 2 unspecified atom stereocenters. The molecule has 0 spiro atoms. The van der Waals surface area contributed by atoms with Gasteiger partial charge in [-0.1, -0.05) is 12.8 Å². The van der Waals surface area contributed by atoms with Gasteiger partial charge in [-0.2, -0.15) is 0 Å². The van der Waals surface area contributed by atoms with Gasteiger partial charge in [-0.3, -0.25) is 0 Å². The van der Waals surface area contributed by atoms with Crippen LogP contribution in [0.2, 0.25) is 0 Å². The Labute approximate surface area is 61.9 Å². The summed E-state index contributed by atoms with van der Waals surface area (Å²) in [4.78, 5) is 0. The fourth-order valence-electron chi connectivity index (χ4n) is 0.721. The van der Waals surface area contributed by atoms with Crippen LogP contribution in [0.4, 0.5) is 0 Å². The summed E-state index contributed by atoms with van der Waals surface area (Å²) in [6, 6.07) is 0. The molecule has 0 aromatic rings. The summed E-state index contributed by atoms with van der Waals surface area (Å²) in [6.07, 6.45) is 6.38. The lowest BCUT2D eigenvalue weighted by atomic mass is 9.91. The third-order valence-electron chi connectivity index (χ3n) is 1.78. The summed E-state index contributed by atoms with van der Waals surface area (Å²) in [6.45, 7) is 3.28. The van der Waals surface area contributed by atoms with Gasteiger partial charge in [0.25, 0.3) is 0 Å². The highest BCUT2D eigenvalue weighted by molar-refractivity contribution is 4.93. The molecule has 0 aliphatic carbocycles. The van der Waals surface area contributed by atoms with Gasteiger partial charge in [0, 0.05) is 6.42 Å². The van der Waals surface area contributed by atoms with Gasteiger partial charge in [-0.25, -0.2) is 0 Å². The van der Waals surface area contributed by atoms with Gasteiger partial charge in [0.1, 0.15) is 5.60 Å². The van der Waals surface area contributed by atoms with E-state index in [1.807, 2.05) is 0 Å². The zero-order chi connectivity index (χ0) is 8.20. The van der Waals surface area contributed by atoms with Crippen LogP contribution in [0.1, 0.15) is 26.7 Å². The highest BCUT2D eigenvalue weighted by Gasteiger charge is 2.29. The van der Waals surface area contributed by atoms with Crippen molar-refractivity contribution in [2.24, 2.45) is 0 Å². The Morgan fingerprint density at radius 1 is 1.70 bits per heavy atom. The first kappa shape index (κ1) is 9.48. The fourth-order valence-corrected chi connectivity index (χ4v) is 0.721. The van der Waals surface area contributed by atoms with Gasteiger partial charge in [0.2, 0.25) is 0 Å². The van der Waals surface area contributed by atoms with Crippen LogP contribution < -0.4 is 0 Å². The van der Waals surface area contributed by atoms with Crippen LogP contribution in [0.3, 0.4) is 0 Å². The highest BCUT2D eigenvalue weighted by Crippen LogP contribution is 2.18. The third kappa shape index (κ3) is 2.02. The van der Waals surface area contributed by atoms with Gasteiger partial charge in [-0.05, 0) is 19.8 Å². The standard InChI is InChI=1S/C8H13O2/c1-4-6-8(10,5-2)7(3)9/h7,9-10H,5-6H2,2-3H3. The second-order valence-corrected chi connectivity index (χ2v) is 2.49. The molecular weight excluding hydrogens is 128 g/mol. The van der Waals surface area contributed by atoms with E-state index in [4.69, 9.17) is 11.5 Å². The quantitative estimate of drug-likeness (QED) is 0.561. The highest BCUT2D eigenvalue weighted by atomic mass is 16.3. The molecule has 0 aromatic heterocycles. The number of aliphatic hydroxyl groups is 2. The van der Waals surface area contributed by atoms with E-state index in [0.717, 1.165) is 0 Å². The third-order valence-corrected chi connectivity index (χ3v) is 1.78. The molecule has 0 heterocycles. The Morgan fingerprint density at radius 2 is 2.20 bits per heavy atom. The van der Waals surface area contributed by atoms with E-state index in [2.05, 4.69) is 5.92 Å². The van der Waals surface area contributed by atoms with Crippen molar-refractivity contribution in [2.75, 3.05) is 0 Å². The zero-order valence-electron chi connectivity index (χ0n) is 6.39. The van der Waals surface area contributed by atoms with Gasteiger partial charge in [0.15, 0.2) is 0 Å². The lowest BCUT2D eigenvalue weighted by Gasteiger charge is -2.27. The van der Waals surface area contributed by atoms with E-state index in [-0.39, 0.29) is 6.42 Å². The van der Waals surface area contributed by atoms with Crippen LogP contribution in [0.5, 0.6) is 0 Å². The average Bonchev–Trinajstić information content (AvgIpc) is 1.88. The Morgan fingerprint density at radius 3 is 2.30 bits per heavy atom. The maximum absolute atomic E-state index is 9.46. The number of hydrogen-bond acceptors (Lipinski definition) is 2. The zero-order valence-corrected chi connectivity index (χ0v) is 6.39. The molecule has 10 heavy (non-hydrogen) atoms. The largest absolute Gasteiger partial charge is 0.390 e. The maximum atomic E-state index is 9.46. The predicted molar refractivity (Wildman–Crippen MR) is 38.7 cm³/mol. The Balaban J connectivity index is 4.11. The minimum absolute atomic E-state index is 0.0984. The predicted octanol–water partition coefficient (Wildman–Crippen LogP) is 0.488. The first-order valence-electron chi connectivity index (χ1n) is 3.37. The van der Waals surface area contributed by atoms with E-state index < -0.39 is 11.7 Å². The molecule has 0 aromatic carbocycles. The maximum Gasteiger partial charge on any atom is 0.101 e. The van der Waals surface area contributed by atoms with Crippen LogP contribution in [0, 0.1) is 12.3 Å². The van der Waals surface area contributed by atoms with Gasteiger partial charge >= 0.3 is 0 Å². The smallest absolute Gasteiger partial charge is 0.101 e.